The Balaban J connectivity index is 1.89. The molecule has 1 aromatic rings. The number of hydrogen-bond acceptors (Lipinski definition) is 4. The molecule has 0 bridgehead atoms. The molecule has 0 N–H and O–H groups in total. The molecule has 0 saturated carbocycles. The molecule has 0 radical (unpaired) electrons. The highest BCUT2D eigenvalue weighted by atomic mass is 32.2. The molecule has 100 valence electrons. The fourth-order valence-corrected chi connectivity index (χ4v) is 3.29. The first-order chi connectivity index (χ1) is 8.58. The van der Waals surface area contributed by atoms with E-state index < -0.39 is 0 Å². The Kier molecular flexibility index (Phi) is 4.29. The third kappa shape index (κ3) is 3.05. The van der Waals surface area contributed by atoms with Gasteiger partial charge in [-0.3, -0.25) is 9.48 Å². The van der Waals surface area contributed by atoms with Gasteiger partial charge in [0, 0.05) is 32.1 Å². The highest BCUT2D eigenvalue weighted by Crippen LogP contribution is 2.28. The maximum absolute atomic E-state index is 12.2. The third-order valence-electron chi connectivity index (χ3n) is 3.02. The van der Waals surface area contributed by atoms with Crippen LogP contribution in [0.25, 0.3) is 0 Å². The molecule has 1 atom stereocenters. The summed E-state index contributed by atoms with van der Waals surface area (Å²) in [5.41, 5.74) is 0.915. The summed E-state index contributed by atoms with van der Waals surface area (Å²) in [7, 11) is 5.98. The molecule has 2 rings (SSSR count). The van der Waals surface area contributed by atoms with E-state index in [1.165, 1.54) is 0 Å². The van der Waals surface area contributed by atoms with Crippen LogP contribution in [0.1, 0.15) is 6.42 Å². The summed E-state index contributed by atoms with van der Waals surface area (Å²) in [6, 6.07) is 0. The quantitative estimate of drug-likeness (QED) is 0.793. The van der Waals surface area contributed by atoms with E-state index in [4.69, 9.17) is 0 Å². The van der Waals surface area contributed by atoms with Crippen molar-refractivity contribution in [1.82, 2.24) is 14.7 Å². The van der Waals surface area contributed by atoms with Crippen LogP contribution in [0.3, 0.4) is 0 Å². The summed E-state index contributed by atoms with van der Waals surface area (Å²) in [6.07, 6.45) is 4.58. The molecule has 1 aliphatic rings. The molecular weight excluding hydrogens is 248 g/mol. The predicted octanol–water partition coefficient (Wildman–Crippen LogP) is 0.820. The van der Waals surface area contributed by atoms with Gasteiger partial charge in [-0.1, -0.05) is 0 Å². The average Bonchev–Trinajstić information content (AvgIpc) is 2.86. The van der Waals surface area contributed by atoms with Gasteiger partial charge in [0.25, 0.3) is 0 Å². The summed E-state index contributed by atoms with van der Waals surface area (Å²) < 4.78 is 1.73. The second-order valence-corrected chi connectivity index (χ2v) is 6.12. The van der Waals surface area contributed by atoms with Gasteiger partial charge < -0.3 is 9.80 Å². The lowest BCUT2D eigenvalue weighted by molar-refractivity contribution is -0.116. The summed E-state index contributed by atoms with van der Waals surface area (Å²) in [6.45, 7) is 1.82. The average molecular weight is 268 g/mol. The summed E-state index contributed by atoms with van der Waals surface area (Å²) >= 11 is 1.77. The zero-order valence-electron chi connectivity index (χ0n) is 11.2. The minimum Gasteiger partial charge on any atom is -0.309 e. The number of hydrogen-bond donors (Lipinski definition) is 0. The number of amides is 1. The van der Waals surface area contributed by atoms with Crippen LogP contribution in [0.5, 0.6) is 0 Å². The first-order valence-electron chi connectivity index (χ1n) is 6.14. The molecular formula is C12H20N4OS. The van der Waals surface area contributed by atoms with Crippen LogP contribution >= 0.6 is 11.8 Å². The van der Waals surface area contributed by atoms with Gasteiger partial charge in [0.1, 0.15) is 0 Å². The van der Waals surface area contributed by atoms with Gasteiger partial charge in [-0.15, -0.1) is 11.8 Å². The van der Waals surface area contributed by atoms with Crippen molar-refractivity contribution >= 4 is 23.4 Å². The van der Waals surface area contributed by atoms with Crippen LogP contribution in [-0.4, -0.2) is 58.8 Å². The van der Waals surface area contributed by atoms with Crippen molar-refractivity contribution in [2.45, 2.75) is 11.7 Å². The standard InChI is InChI=1S/C12H20N4OS/c1-14(2)6-7-18-11-4-5-16(12(11)17)10-8-13-15(3)9-10/h8-9,11H,4-7H2,1-3H3. The maximum atomic E-state index is 12.2. The minimum absolute atomic E-state index is 0.116. The molecule has 6 heteroatoms. The van der Waals surface area contributed by atoms with Crippen molar-refractivity contribution in [3.8, 4) is 0 Å². The topological polar surface area (TPSA) is 41.4 Å². The van der Waals surface area contributed by atoms with E-state index in [1.807, 2.05) is 18.1 Å². The van der Waals surface area contributed by atoms with Gasteiger partial charge in [0.15, 0.2) is 0 Å². The summed E-state index contributed by atoms with van der Waals surface area (Å²) in [4.78, 5) is 16.2. The summed E-state index contributed by atoms with van der Waals surface area (Å²) in [5, 5.41) is 4.23. The second-order valence-electron chi connectivity index (χ2n) is 4.81. The van der Waals surface area contributed by atoms with E-state index in [0.29, 0.717) is 0 Å². The lowest BCUT2D eigenvalue weighted by atomic mass is 10.4. The second kappa shape index (κ2) is 5.75. The molecule has 1 saturated heterocycles. The van der Waals surface area contributed by atoms with Gasteiger partial charge in [0.2, 0.25) is 5.91 Å². The minimum atomic E-state index is 0.116. The first-order valence-corrected chi connectivity index (χ1v) is 7.19. The Hall–Kier alpha value is -1.01. The Bertz CT molecular complexity index is 418. The van der Waals surface area contributed by atoms with Crippen molar-refractivity contribution in [3.63, 3.8) is 0 Å². The smallest absolute Gasteiger partial charge is 0.240 e. The fourth-order valence-electron chi connectivity index (χ4n) is 1.99. The van der Waals surface area contributed by atoms with E-state index in [0.717, 1.165) is 31.0 Å². The van der Waals surface area contributed by atoms with E-state index >= 15 is 0 Å². The predicted molar refractivity (Wildman–Crippen MR) is 75.0 cm³/mol. The number of carbonyl (C=O) groups excluding carboxylic acids is 1. The van der Waals surface area contributed by atoms with E-state index in [-0.39, 0.29) is 11.2 Å². The normalized spacial score (nSPS) is 20.1. The van der Waals surface area contributed by atoms with Crippen molar-refractivity contribution in [2.75, 3.05) is 37.8 Å². The molecule has 1 unspecified atom stereocenters. The van der Waals surface area contributed by atoms with E-state index in [2.05, 4.69) is 24.1 Å². The van der Waals surface area contributed by atoms with Gasteiger partial charge in [0.05, 0.1) is 17.1 Å². The van der Waals surface area contributed by atoms with Crippen LogP contribution in [-0.2, 0) is 11.8 Å². The van der Waals surface area contributed by atoms with Crippen LogP contribution in [0.2, 0.25) is 0 Å². The third-order valence-corrected chi connectivity index (χ3v) is 4.27. The fraction of sp³-hybridized carbons (Fsp3) is 0.667. The number of nitrogens with zero attached hydrogens (tertiary/aromatic N) is 4. The van der Waals surface area contributed by atoms with E-state index in [9.17, 15) is 4.79 Å². The number of anilines is 1. The van der Waals surface area contributed by atoms with Crippen LogP contribution in [0, 0.1) is 0 Å². The number of rotatable bonds is 5. The van der Waals surface area contributed by atoms with Crippen LogP contribution in [0.4, 0.5) is 5.69 Å². The van der Waals surface area contributed by atoms with Gasteiger partial charge in [-0.05, 0) is 20.5 Å². The zero-order valence-corrected chi connectivity index (χ0v) is 12.0. The number of carbonyl (C=O) groups is 1. The molecule has 18 heavy (non-hydrogen) atoms. The van der Waals surface area contributed by atoms with Gasteiger partial charge in [-0.25, -0.2) is 0 Å². The molecule has 1 aliphatic heterocycles. The van der Waals surface area contributed by atoms with Crippen molar-refractivity contribution < 1.29 is 4.79 Å². The Labute approximate surface area is 112 Å². The molecule has 0 aliphatic carbocycles. The number of thioether (sulfide) groups is 1. The monoisotopic (exact) mass is 268 g/mol. The first kappa shape index (κ1) is 13.4. The van der Waals surface area contributed by atoms with Crippen LogP contribution < -0.4 is 4.90 Å². The van der Waals surface area contributed by atoms with Crippen molar-refractivity contribution in [2.24, 2.45) is 7.05 Å². The largest absolute Gasteiger partial charge is 0.309 e. The Morgan fingerprint density at radius 3 is 2.94 bits per heavy atom. The molecule has 5 nitrogen and oxygen atoms in total. The molecule has 1 fully saturated rings. The highest BCUT2D eigenvalue weighted by Gasteiger charge is 2.33. The lowest BCUT2D eigenvalue weighted by Crippen LogP contribution is -2.28. The highest BCUT2D eigenvalue weighted by molar-refractivity contribution is 8.00. The van der Waals surface area contributed by atoms with Crippen LogP contribution in [0.15, 0.2) is 12.4 Å². The summed E-state index contributed by atoms with van der Waals surface area (Å²) in [5.74, 6) is 1.23. The van der Waals surface area contributed by atoms with Crippen molar-refractivity contribution in [1.29, 1.82) is 0 Å². The van der Waals surface area contributed by atoms with E-state index in [1.54, 1.807) is 22.6 Å². The Morgan fingerprint density at radius 2 is 2.33 bits per heavy atom. The Morgan fingerprint density at radius 1 is 1.56 bits per heavy atom. The molecule has 1 amide bonds. The molecule has 0 spiro atoms. The van der Waals surface area contributed by atoms with Crippen molar-refractivity contribution in [3.05, 3.63) is 12.4 Å². The lowest BCUT2D eigenvalue weighted by Gasteiger charge is -2.15. The maximum Gasteiger partial charge on any atom is 0.240 e. The molecule has 2 heterocycles. The SMILES string of the molecule is CN(C)CCSC1CCN(c2cnn(C)c2)C1=O. The number of aryl methyl sites for hydroxylation is 1. The molecule has 0 aromatic carbocycles. The number of aromatic nitrogens is 2. The van der Waals surface area contributed by atoms with Gasteiger partial charge in [-0.2, -0.15) is 5.10 Å². The molecule has 1 aromatic heterocycles. The zero-order chi connectivity index (χ0) is 13.1. The van der Waals surface area contributed by atoms with Gasteiger partial charge >= 0.3 is 0 Å².